The summed E-state index contributed by atoms with van der Waals surface area (Å²) in [6.07, 6.45) is 2.71. The van der Waals surface area contributed by atoms with Gasteiger partial charge in [-0.1, -0.05) is 0 Å². The molecule has 1 amide bonds. The van der Waals surface area contributed by atoms with Crippen LogP contribution in [-0.4, -0.2) is 52.0 Å². The zero-order chi connectivity index (χ0) is 13.5. The Morgan fingerprint density at radius 3 is 2.22 bits per heavy atom. The monoisotopic (exact) mass is 260 g/mol. The first kappa shape index (κ1) is 17.3. The van der Waals surface area contributed by atoms with Crippen LogP contribution in [0.4, 0.5) is 0 Å². The fourth-order valence-corrected chi connectivity index (χ4v) is 1.38. The molecule has 0 aliphatic heterocycles. The van der Waals surface area contributed by atoms with Crippen molar-refractivity contribution in [2.45, 2.75) is 26.2 Å². The lowest BCUT2D eigenvalue weighted by Crippen LogP contribution is -2.30. The minimum Gasteiger partial charge on any atom is -0.370 e. The molecule has 0 aliphatic carbocycles. The van der Waals surface area contributed by atoms with E-state index in [0.717, 1.165) is 45.6 Å². The van der Waals surface area contributed by atoms with Crippen LogP contribution >= 0.6 is 0 Å². The van der Waals surface area contributed by atoms with Gasteiger partial charge in [-0.15, -0.1) is 0 Å². The van der Waals surface area contributed by atoms with Crippen molar-refractivity contribution in [3.05, 3.63) is 0 Å². The van der Waals surface area contributed by atoms with E-state index in [1.54, 1.807) is 0 Å². The maximum atomic E-state index is 10.5. The summed E-state index contributed by atoms with van der Waals surface area (Å²) in [4.78, 5) is 10.5. The zero-order valence-corrected chi connectivity index (χ0v) is 11.5. The van der Waals surface area contributed by atoms with Crippen molar-refractivity contribution in [3.8, 4) is 0 Å². The van der Waals surface area contributed by atoms with Gasteiger partial charge in [0.2, 0.25) is 5.91 Å². The van der Waals surface area contributed by atoms with Gasteiger partial charge in [-0.2, -0.15) is 0 Å². The van der Waals surface area contributed by atoms with Crippen LogP contribution in [0, 0.1) is 0 Å². The summed E-state index contributed by atoms with van der Waals surface area (Å²) in [6.45, 7) is 7.87. The van der Waals surface area contributed by atoms with Crippen LogP contribution < -0.4 is 21.7 Å². The lowest BCUT2D eigenvalue weighted by atomic mass is 10.3. The number of carbonyl (C=O) groups is 1. The summed E-state index contributed by atoms with van der Waals surface area (Å²) in [5.41, 5.74) is 5.02. The second kappa shape index (κ2) is 14.4. The molecule has 0 heterocycles. The molecule has 5 N–H and O–H groups in total. The third-order valence-corrected chi connectivity index (χ3v) is 2.39. The number of hydrogen-bond donors (Lipinski definition) is 4. The van der Waals surface area contributed by atoms with Gasteiger partial charge >= 0.3 is 0 Å². The molecule has 0 rings (SSSR count). The Hall–Kier alpha value is -0.690. The molecule has 0 saturated carbocycles. The maximum absolute atomic E-state index is 10.5. The highest BCUT2D eigenvalue weighted by Gasteiger charge is 1.93. The molecule has 0 radical (unpaired) electrons. The molecule has 0 saturated heterocycles. The molecular formula is C12H28N4O2. The number of rotatable bonds is 14. The number of ether oxygens (including phenoxy) is 1. The van der Waals surface area contributed by atoms with Crippen LogP contribution in [0.3, 0.4) is 0 Å². The highest BCUT2D eigenvalue weighted by atomic mass is 16.5. The lowest BCUT2D eigenvalue weighted by Gasteiger charge is -2.07. The number of primary amides is 1. The van der Waals surface area contributed by atoms with Crippen LogP contribution in [0.5, 0.6) is 0 Å². The predicted octanol–water partition coefficient (Wildman–Crippen LogP) is -0.595. The van der Waals surface area contributed by atoms with E-state index in [1.807, 2.05) is 6.92 Å². The Morgan fingerprint density at radius 2 is 1.61 bits per heavy atom. The van der Waals surface area contributed by atoms with E-state index < -0.39 is 0 Å². The maximum Gasteiger partial charge on any atom is 0.218 e. The normalized spacial score (nSPS) is 10.7. The average molecular weight is 260 g/mol. The van der Waals surface area contributed by atoms with Crippen molar-refractivity contribution >= 4 is 5.91 Å². The van der Waals surface area contributed by atoms with Gasteiger partial charge in [-0.25, -0.2) is 0 Å². The van der Waals surface area contributed by atoms with Gasteiger partial charge in [0.15, 0.2) is 0 Å². The minimum atomic E-state index is -0.255. The minimum absolute atomic E-state index is 0.255. The highest BCUT2D eigenvalue weighted by Crippen LogP contribution is 1.84. The zero-order valence-electron chi connectivity index (χ0n) is 11.5. The van der Waals surface area contributed by atoms with E-state index in [1.165, 1.54) is 0 Å². The third-order valence-electron chi connectivity index (χ3n) is 2.39. The second-order valence-corrected chi connectivity index (χ2v) is 4.06. The quantitative estimate of drug-likeness (QED) is 0.247. The summed E-state index contributed by atoms with van der Waals surface area (Å²) in [5.74, 6) is -0.255. The Balaban J connectivity index is 2.92. The molecule has 0 aromatic rings. The van der Waals surface area contributed by atoms with Crippen molar-refractivity contribution in [1.29, 1.82) is 0 Å². The van der Waals surface area contributed by atoms with Gasteiger partial charge in [0.1, 0.15) is 0 Å². The first-order chi connectivity index (χ1) is 8.77. The first-order valence-corrected chi connectivity index (χ1v) is 6.75. The molecule has 0 aromatic heterocycles. The number of amides is 1. The van der Waals surface area contributed by atoms with Crippen LogP contribution in [0.15, 0.2) is 0 Å². The molecule has 18 heavy (non-hydrogen) atoms. The van der Waals surface area contributed by atoms with Crippen LogP contribution in [0.25, 0.3) is 0 Å². The van der Waals surface area contributed by atoms with Crippen molar-refractivity contribution in [2.24, 2.45) is 5.73 Å². The predicted molar refractivity (Wildman–Crippen MR) is 73.3 cm³/mol. The molecule has 0 aliphatic rings. The fraction of sp³-hybridized carbons (Fsp3) is 0.917. The fourth-order valence-electron chi connectivity index (χ4n) is 1.38. The highest BCUT2D eigenvalue weighted by molar-refractivity contribution is 5.73. The Labute approximate surface area is 110 Å². The second-order valence-electron chi connectivity index (χ2n) is 4.06. The van der Waals surface area contributed by atoms with Gasteiger partial charge in [0.05, 0.1) is 6.73 Å². The molecule has 0 aromatic carbocycles. The van der Waals surface area contributed by atoms with Crippen molar-refractivity contribution in [2.75, 3.05) is 46.1 Å². The molecule has 0 unspecified atom stereocenters. The van der Waals surface area contributed by atoms with Crippen LogP contribution in [0.2, 0.25) is 0 Å². The van der Waals surface area contributed by atoms with Crippen LogP contribution in [0.1, 0.15) is 26.2 Å². The number of nitrogens with one attached hydrogen (secondary N) is 3. The summed E-state index contributed by atoms with van der Waals surface area (Å²) in [6, 6.07) is 0. The molecule has 108 valence electrons. The Kier molecular flexibility index (Phi) is 13.8. The molecule has 6 nitrogen and oxygen atoms in total. The molecular weight excluding hydrogens is 232 g/mol. The summed E-state index contributed by atoms with van der Waals surface area (Å²) < 4.78 is 5.17. The van der Waals surface area contributed by atoms with E-state index in [2.05, 4.69) is 16.0 Å². The van der Waals surface area contributed by atoms with E-state index >= 15 is 0 Å². The number of unbranched alkanes of at least 4 members (excludes halogenated alkanes) is 1. The van der Waals surface area contributed by atoms with Crippen molar-refractivity contribution in [1.82, 2.24) is 16.0 Å². The SMILES string of the molecule is CCOCNCCCCNCCNCCC(N)=O. The van der Waals surface area contributed by atoms with E-state index in [-0.39, 0.29) is 5.91 Å². The molecule has 0 atom stereocenters. The van der Waals surface area contributed by atoms with Gasteiger partial charge in [0.25, 0.3) is 0 Å². The largest absolute Gasteiger partial charge is 0.370 e. The summed E-state index contributed by atoms with van der Waals surface area (Å²) in [5, 5.41) is 9.70. The lowest BCUT2D eigenvalue weighted by molar-refractivity contribution is -0.117. The number of hydrogen-bond acceptors (Lipinski definition) is 5. The molecule has 6 heteroatoms. The smallest absolute Gasteiger partial charge is 0.218 e. The van der Waals surface area contributed by atoms with Gasteiger partial charge < -0.3 is 21.1 Å². The van der Waals surface area contributed by atoms with Crippen LogP contribution in [-0.2, 0) is 9.53 Å². The average Bonchev–Trinajstić information content (AvgIpc) is 2.34. The standard InChI is InChI=1S/C12H28N4O2/c1-2-18-11-16-7-4-3-6-14-9-10-15-8-5-12(13)17/h14-16H,2-11H2,1H3,(H2,13,17). The molecule has 0 spiro atoms. The third kappa shape index (κ3) is 15.3. The summed E-state index contributed by atoms with van der Waals surface area (Å²) in [7, 11) is 0. The molecule has 0 fully saturated rings. The summed E-state index contributed by atoms with van der Waals surface area (Å²) >= 11 is 0. The van der Waals surface area contributed by atoms with Crippen molar-refractivity contribution in [3.63, 3.8) is 0 Å². The molecule has 0 bridgehead atoms. The first-order valence-electron chi connectivity index (χ1n) is 6.75. The van der Waals surface area contributed by atoms with E-state index in [9.17, 15) is 4.79 Å². The van der Waals surface area contributed by atoms with Gasteiger partial charge in [0, 0.05) is 32.7 Å². The van der Waals surface area contributed by atoms with Gasteiger partial charge in [-0.05, 0) is 32.9 Å². The number of carbonyl (C=O) groups excluding carboxylic acids is 1. The Bertz CT molecular complexity index is 191. The van der Waals surface area contributed by atoms with Gasteiger partial charge in [-0.3, -0.25) is 10.1 Å². The van der Waals surface area contributed by atoms with E-state index in [4.69, 9.17) is 10.5 Å². The topological polar surface area (TPSA) is 88.4 Å². The number of nitrogens with two attached hydrogens (primary N) is 1. The van der Waals surface area contributed by atoms with Crippen molar-refractivity contribution < 1.29 is 9.53 Å². The van der Waals surface area contributed by atoms with E-state index in [0.29, 0.717) is 19.7 Å². The Morgan fingerprint density at radius 1 is 1.00 bits per heavy atom.